The Hall–Kier alpha value is -0.610. The Bertz CT molecular complexity index is 303. The van der Waals surface area contributed by atoms with Gasteiger partial charge in [-0.3, -0.25) is 4.79 Å². The van der Waals surface area contributed by atoms with Crippen LogP contribution in [0.1, 0.15) is 58.3 Å². The van der Waals surface area contributed by atoms with Crippen molar-refractivity contribution in [1.29, 1.82) is 0 Å². The van der Waals surface area contributed by atoms with Crippen LogP contribution in [0.4, 0.5) is 0 Å². The summed E-state index contributed by atoms with van der Waals surface area (Å²) in [4.78, 5) is 14.7. The lowest BCUT2D eigenvalue weighted by Crippen LogP contribution is -2.48. The third kappa shape index (κ3) is 3.95. The van der Waals surface area contributed by atoms with Crippen molar-refractivity contribution in [2.45, 2.75) is 70.4 Å². The zero-order chi connectivity index (χ0) is 14.4. The van der Waals surface area contributed by atoms with Crippen LogP contribution in [-0.2, 0) is 9.53 Å². The normalized spacial score (nSPS) is 31.0. The summed E-state index contributed by atoms with van der Waals surface area (Å²) in [6, 6.07) is 0.356. The summed E-state index contributed by atoms with van der Waals surface area (Å²) in [7, 11) is 0. The summed E-state index contributed by atoms with van der Waals surface area (Å²) >= 11 is 0. The number of nitrogens with two attached hydrogens (primary N) is 1. The Morgan fingerprint density at radius 1 is 1.20 bits per heavy atom. The summed E-state index contributed by atoms with van der Waals surface area (Å²) in [6.07, 6.45) is 8.85. The van der Waals surface area contributed by atoms with Gasteiger partial charge in [-0.1, -0.05) is 12.8 Å². The summed E-state index contributed by atoms with van der Waals surface area (Å²) < 4.78 is 5.71. The Labute approximate surface area is 123 Å². The van der Waals surface area contributed by atoms with Gasteiger partial charge in [-0.15, -0.1) is 0 Å². The smallest absolute Gasteiger partial charge is 0.225 e. The molecule has 1 aliphatic carbocycles. The van der Waals surface area contributed by atoms with Gasteiger partial charge in [-0.25, -0.2) is 0 Å². The lowest BCUT2D eigenvalue weighted by molar-refractivity contribution is -0.139. The van der Waals surface area contributed by atoms with Gasteiger partial charge in [0, 0.05) is 19.2 Å². The maximum atomic E-state index is 12.6. The highest BCUT2D eigenvalue weighted by Gasteiger charge is 2.32. The lowest BCUT2D eigenvalue weighted by atomic mass is 9.83. The van der Waals surface area contributed by atoms with E-state index in [2.05, 4.69) is 11.8 Å². The van der Waals surface area contributed by atoms with E-state index in [-0.39, 0.29) is 12.0 Å². The molecule has 20 heavy (non-hydrogen) atoms. The van der Waals surface area contributed by atoms with E-state index < -0.39 is 0 Å². The summed E-state index contributed by atoms with van der Waals surface area (Å²) in [5, 5.41) is 0. The SMILES string of the molecule is CCN(C(=O)CC1CCCCO1)C1CCCCC1CN. The molecular weight excluding hydrogens is 252 g/mol. The molecule has 4 nitrogen and oxygen atoms in total. The molecule has 2 fully saturated rings. The van der Waals surface area contributed by atoms with Crippen molar-refractivity contribution in [2.75, 3.05) is 19.7 Å². The molecular formula is C16H30N2O2. The van der Waals surface area contributed by atoms with Gasteiger partial charge in [-0.2, -0.15) is 0 Å². The Kier molecular flexibility index (Phi) is 6.30. The van der Waals surface area contributed by atoms with Gasteiger partial charge >= 0.3 is 0 Å². The topological polar surface area (TPSA) is 55.6 Å². The number of amides is 1. The van der Waals surface area contributed by atoms with Crippen LogP contribution < -0.4 is 5.73 Å². The molecule has 0 spiro atoms. The van der Waals surface area contributed by atoms with Crippen LogP contribution >= 0.6 is 0 Å². The van der Waals surface area contributed by atoms with Crippen molar-refractivity contribution in [1.82, 2.24) is 4.90 Å². The summed E-state index contributed by atoms with van der Waals surface area (Å²) in [5.41, 5.74) is 5.91. The molecule has 2 N–H and O–H groups in total. The molecule has 0 aromatic heterocycles. The summed E-state index contributed by atoms with van der Waals surface area (Å²) in [5.74, 6) is 0.754. The standard InChI is InChI=1S/C16H30N2O2/c1-2-18(15-9-4-3-7-13(15)12-17)16(19)11-14-8-5-6-10-20-14/h13-15H,2-12,17H2,1H3. The Balaban J connectivity index is 1.93. The number of hydrogen-bond acceptors (Lipinski definition) is 3. The van der Waals surface area contributed by atoms with Gasteiger partial charge in [-0.05, 0) is 51.5 Å². The molecule has 2 rings (SSSR count). The van der Waals surface area contributed by atoms with E-state index in [0.29, 0.717) is 24.9 Å². The second-order valence-electron chi connectivity index (χ2n) is 6.22. The van der Waals surface area contributed by atoms with E-state index in [1.54, 1.807) is 0 Å². The number of nitrogens with zero attached hydrogens (tertiary/aromatic N) is 1. The molecule has 0 aromatic carbocycles. The van der Waals surface area contributed by atoms with Gasteiger partial charge in [0.2, 0.25) is 5.91 Å². The lowest BCUT2D eigenvalue weighted by Gasteiger charge is -2.40. The molecule has 3 atom stereocenters. The molecule has 1 heterocycles. The van der Waals surface area contributed by atoms with E-state index in [1.807, 2.05) is 0 Å². The molecule has 1 amide bonds. The molecule has 0 radical (unpaired) electrons. The molecule has 1 aliphatic heterocycles. The van der Waals surface area contributed by atoms with Gasteiger partial charge in [0.25, 0.3) is 0 Å². The van der Waals surface area contributed by atoms with Crippen LogP contribution in [0.15, 0.2) is 0 Å². The van der Waals surface area contributed by atoms with Crippen molar-refractivity contribution in [2.24, 2.45) is 11.7 Å². The monoisotopic (exact) mass is 282 g/mol. The third-order valence-electron chi connectivity index (χ3n) is 4.91. The third-order valence-corrected chi connectivity index (χ3v) is 4.91. The van der Waals surface area contributed by atoms with Gasteiger partial charge in [0.15, 0.2) is 0 Å². The van der Waals surface area contributed by atoms with Crippen molar-refractivity contribution in [3.8, 4) is 0 Å². The predicted molar refractivity (Wildman–Crippen MR) is 80.4 cm³/mol. The zero-order valence-electron chi connectivity index (χ0n) is 12.9. The average molecular weight is 282 g/mol. The Morgan fingerprint density at radius 2 is 1.95 bits per heavy atom. The predicted octanol–water partition coefficient (Wildman–Crippen LogP) is 2.31. The molecule has 1 saturated carbocycles. The number of ether oxygens (including phenoxy) is 1. The fourth-order valence-electron chi connectivity index (χ4n) is 3.75. The van der Waals surface area contributed by atoms with Crippen LogP contribution in [-0.4, -0.2) is 42.6 Å². The minimum absolute atomic E-state index is 0.144. The van der Waals surface area contributed by atoms with Gasteiger partial charge < -0.3 is 15.4 Å². The minimum Gasteiger partial charge on any atom is -0.378 e. The van der Waals surface area contributed by atoms with Crippen molar-refractivity contribution in [3.63, 3.8) is 0 Å². The average Bonchev–Trinajstić information content (AvgIpc) is 2.49. The highest BCUT2D eigenvalue weighted by Crippen LogP contribution is 2.29. The summed E-state index contributed by atoms with van der Waals surface area (Å²) in [6.45, 7) is 4.40. The quantitative estimate of drug-likeness (QED) is 0.842. The molecule has 0 aromatic rings. The van der Waals surface area contributed by atoms with Gasteiger partial charge in [0.05, 0.1) is 12.5 Å². The van der Waals surface area contributed by atoms with Crippen molar-refractivity contribution >= 4 is 5.91 Å². The molecule has 116 valence electrons. The molecule has 4 heteroatoms. The van der Waals surface area contributed by atoms with E-state index in [0.717, 1.165) is 32.4 Å². The van der Waals surface area contributed by atoms with Crippen LogP contribution in [0.25, 0.3) is 0 Å². The van der Waals surface area contributed by atoms with Crippen molar-refractivity contribution < 1.29 is 9.53 Å². The van der Waals surface area contributed by atoms with E-state index >= 15 is 0 Å². The minimum atomic E-state index is 0.144. The number of carbonyl (C=O) groups is 1. The molecule has 0 bridgehead atoms. The highest BCUT2D eigenvalue weighted by molar-refractivity contribution is 5.77. The van der Waals surface area contributed by atoms with E-state index in [4.69, 9.17) is 10.5 Å². The van der Waals surface area contributed by atoms with Crippen LogP contribution in [0.2, 0.25) is 0 Å². The zero-order valence-corrected chi connectivity index (χ0v) is 12.9. The molecule has 1 saturated heterocycles. The first-order chi connectivity index (χ1) is 9.76. The molecule has 2 aliphatic rings. The van der Waals surface area contributed by atoms with E-state index in [9.17, 15) is 4.79 Å². The largest absolute Gasteiger partial charge is 0.378 e. The van der Waals surface area contributed by atoms with Crippen molar-refractivity contribution in [3.05, 3.63) is 0 Å². The number of carbonyl (C=O) groups excluding carboxylic acids is 1. The maximum absolute atomic E-state index is 12.6. The first-order valence-electron chi connectivity index (χ1n) is 8.37. The second-order valence-corrected chi connectivity index (χ2v) is 6.22. The first-order valence-corrected chi connectivity index (χ1v) is 8.37. The fourth-order valence-corrected chi connectivity index (χ4v) is 3.75. The van der Waals surface area contributed by atoms with Crippen LogP contribution in [0.3, 0.4) is 0 Å². The highest BCUT2D eigenvalue weighted by atomic mass is 16.5. The maximum Gasteiger partial charge on any atom is 0.225 e. The first kappa shape index (κ1) is 15.8. The number of hydrogen-bond donors (Lipinski definition) is 1. The fraction of sp³-hybridized carbons (Fsp3) is 0.938. The Morgan fingerprint density at radius 3 is 2.60 bits per heavy atom. The second kappa shape index (κ2) is 7.99. The van der Waals surface area contributed by atoms with Gasteiger partial charge in [0.1, 0.15) is 0 Å². The van der Waals surface area contributed by atoms with E-state index in [1.165, 1.54) is 25.7 Å². The molecule has 3 unspecified atom stereocenters. The van der Waals surface area contributed by atoms with Crippen LogP contribution in [0, 0.1) is 5.92 Å². The number of rotatable bonds is 5. The van der Waals surface area contributed by atoms with Crippen LogP contribution in [0.5, 0.6) is 0 Å².